The van der Waals surface area contributed by atoms with E-state index in [1.807, 2.05) is 0 Å². The maximum absolute atomic E-state index is 12.6. The number of amides is 1. The van der Waals surface area contributed by atoms with E-state index in [-0.39, 0.29) is 17.0 Å². The van der Waals surface area contributed by atoms with Crippen molar-refractivity contribution in [3.05, 3.63) is 39.9 Å². The van der Waals surface area contributed by atoms with Gasteiger partial charge in [-0.1, -0.05) is 0 Å². The van der Waals surface area contributed by atoms with Gasteiger partial charge in [0.05, 0.1) is 30.7 Å². The molecule has 3 heterocycles. The van der Waals surface area contributed by atoms with Crippen LogP contribution in [0.25, 0.3) is 5.82 Å². The van der Waals surface area contributed by atoms with Crippen molar-refractivity contribution in [2.75, 3.05) is 32.8 Å². The van der Waals surface area contributed by atoms with Crippen molar-refractivity contribution in [3.63, 3.8) is 0 Å². The standard InChI is InChI=1S/C17H24N6O3/c1-12-13(10-19-23(12)14-4-5-15(24)21-20-14)16(25)18-11-17(2,3)22-6-8-26-9-7-22/h4-5,10H,6-9,11H2,1-3H3,(H,18,25)(H,21,24). The van der Waals surface area contributed by atoms with Gasteiger partial charge in [-0.05, 0) is 26.8 Å². The summed E-state index contributed by atoms with van der Waals surface area (Å²) in [6.07, 6.45) is 1.51. The van der Waals surface area contributed by atoms with Crippen LogP contribution in [0.2, 0.25) is 0 Å². The van der Waals surface area contributed by atoms with Gasteiger partial charge in [0, 0.05) is 31.2 Å². The summed E-state index contributed by atoms with van der Waals surface area (Å²) >= 11 is 0. The molecule has 0 atom stereocenters. The molecule has 1 saturated heterocycles. The monoisotopic (exact) mass is 360 g/mol. The molecule has 1 aliphatic rings. The minimum atomic E-state index is -0.290. The molecule has 26 heavy (non-hydrogen) atoms. The highest BCUT2D eigenvalue weighted by molar-refractivity contribution is 5.95. The van der Waals surface area contributed by atoms with Gasteiger partial charge in [0.15, 0.2) is 5.82 Å². The van der Waals surface area contributed by atoms with Gasteiger partial charge in [-0.25, -0.2) is 9.78 Å². The van der Waals surface area contributed by atoms with E-state index in [0.717, 1.165) is 26.3 Å². The number of hydrogen-bond donors (Lipinski definition) is 2. The number of nitrogens with one attached hydrogen (secondary N) is 2. The zero-order chi connectivity index (χ0) is 18.7. The lowest BCUT2D eigenvalue weighted by Gasteiger charge is -2.40. The molecule has 1 aliphatic heterocycles. The summed E-state index contributed by atoms with van der Waals surface area (Å²) < 4.78 is 6.92. The third kappa shape index (κ3) is 3.83. The maximum Gasteiger partial charge on any atom is 0.264 e. The molecule has 2 aromatic heterocycles. The van der Waals surface area contributed by atoms with E-state index in [2.05, 4.69) is 39.4 Å². The van der Waals surface area contributed by atoms with Gasteiger partial charge in [-0.15, -0.1) is 0 Å². The average molecular weight is 360 g/mol. The van der Waals surface area contributed by atoms with Gasteiger partial charge in [0.1, 0.15) is 0 Å². The molecule has 0 radical (unpaired) electrons. The third-order valence-corrected chi connectivity index (χ3v) is 4.68. The minimum Gasteiger partial charge on any atom is -0.379 e. The Labute approximate surface area is 151 Å². The van der Waals surface area contributed by atoms with Crippen molar-refractivity contribution in [2.24, 2.45) is 0 Å². The van der Waals surface area contributed by atoms with E-state index < -0.39 is 0 Å². The SMILES string of the molecule is Cc1c(C(=O)NCC(C)(C)N2CCOCC2)cnn1-c1ccc(=O)[nH]n1. The number of morpholine rings is 1. The van der Waals surface area contributed by atoms with Crippen LogP contribution in [0.15, 0.2) is 23.1 Å². The highest BCUT2D eigenvalue weighted by atomic mass is 16.5. The molecule has 2 aromatic rings. The normalized spacial score (nSPS) is 15.8. The van der Waals surface area contributed by atoms with E-state index in [1.165, 1.54) is 16.9 Å². The molecule has 0 saturated carbocycles. The molecular weight excluding hydrogens is 336 g/mol. The van der Waals surface area contributed by atoms with Gasteiger partial charge in [0.2, 0.25) is 0 Å². The Hall–Kier alpha value is -2.52. The average Bonchev–Trinajstić information content (AvgIpc) is 3.03. The largest absolute Gasteiger partial charge is 0.379 e. The predicted molar refractivity (Wildman–Crippen MR) is 95.5 cm³/mol. The summed E-state index contributed by atoms with van der Waals surface area (Å²) in [4.78, 5) is 26.1. The molecule has 0 aromatic carbocycles. The molecule has 0 bridgehead atoms. The first-order chi connectivity index (χ1) is 12.4. The maximum atomic E-state index is 12.6. The smallest absolute Gasteiger partial charge is 0.264 e. The highest BCUT2D eigenvalue weighted by Gasteiger charge is 2.29. The molecule has 2 N–H and O–H groups in total. The van der Waals surface area contributed by atoms with Gasteiger partial charge in [-0.3, -0.25) is 14.5 Å². The second kappa shape index (κ2) is 7.38. The molecule has 3 rings (SSSR count). The summed E-state index contributed by atoms with van der Waals surface area (Å²) in [5.41, 5.74) is 0.688. The lowest BCUT2D eigenvalue weighted by Crippen LogP contribution is -2.55. The number of hydrogen-bond acceptors (Lipinski definition) is 6. The second-order valence-corrected chi connectivity index (χ2v) is 6.93. The summed E-state index contributed by atoms with van der Waals surface area (Å²) in [6, 6.07) is 2.93. The van der Waals surface area contributed by atoms with Gasteiger partial charge in [0.25, 0.3) is 11.5 Å². The molecule has 0 unspecified atom stereocenters. The number of ether oxygens (including phenoxy) is 1. The Kier molecular flexibility index (Phi) is 5.19. The fourth-order valence-corrected chi connectivity index (χ4v) is 2.99. The molecule has 9 nitrogen and oxygen atoms in total. The second-order valence-electron chi connectivity index (χ2n) is 6.93. The topological polar surface area (TPSA) is 105 Å². The van der Waals surface area contributed by atoms with Crippen LogP contribution in [-0.2, 0) is 4.74 Å². The molecular formula is C17H24N6O3. The lowest BCUT2D eigenvalue weighted by molar-refractivity contribution is -0.00923. The first kappa shape index (κ1) is 18.3. The van der Waals surface area contributed by atoms with Crippen LogP contribution < -0.4 is 10.9 Å². The fourth-order valence-electron chi connectivity index (χ4n) is 2.99. The fraction of sp³-hybridized carbons (Fsp3) is 0.529. The number of H-pyrrole nitrogens is 1. The van der Waals surface area contributed by atoms with Crippen LogP contribution >= 0.6 is 0 Å². The summed E-state index contributed by atoms with van der Waals surface area (Å²) in [7, 11) is 0. The van der Waals surface area contributed by atoms with E-state index in [0.29, 0.717) is 23.6 Å². The zero-order valence-corrected chi connectivity index (χ0v) is 15.3. The van der Waals surface area contributed by atoms with Crippen molar-refractivity contribution < 1.29 is 9.53 Å². The van der Waals surface area contributed by atoms with Crippen LogP contribution in [0, 0.1) is 6.92 Å². The first-order valence-corrected chi connectivity index (χ1v) is 8.60. The van der Waals surface area contributed by atoms with Crippen molar-refractivity contribution in [1.29, 1.82) is 0 Å². The van der Waals surface area contributed by atoms with Gasteiger partial charge in [-0.2, -0.15) is 10.2 Å². The summed E-state index contributed by atoms with van der Waals surface area (Å²) in [5.74, 6) is 0.273. The highest BCUT2D eigenvalue weighted by Crippen LogP contribution is 2.16. The van der Waals surface area contributed by atoms with Crippen LogP contribution in [0.5, 0.6) is 0 Å². The molecule has 140 valence electrons. The Morgan fingerprint density at radius 2 is 2.08 bits per heavy atom. The number of carbonyl (C=O) groups is 1. The Balaban J connectivity index is 1.68. The zero-order valence-electron chi connectivity index (χ0n) is 15.3. The lowest BCUT2D eigenvalue weighted by atomic mass is 10.0. The predicted octanol–water partition coefficient (Wildman–Crippen LogP) is 0.105. The van der Waals surface area contributed by atoms with E-state index in [4.69, 9.17) is 4.74 Å². The van der Waals surface area contributed by atoms with E-state index in [9.17, 15) is 9.59 Å². The Morgan fingerprint density at radius 3 is 2.73 bits per heavy atom. The minimum absolute atomic E-state index is 0.163. The quantitative estimate of drug-likeness (QED) is 0.784. The number of aromatic nitrogens is 4. The van der Waals surface area contributed by atoms with Crippen molar-refractivity contribution in [2.45, 2.75) is 26.3 Å². The van der Waals surface area contributed by atoms with E-state index in [1.54, 1.807) is 13.0 Å². The summed E-state index contributed by atoms with van der Waals surface area (Å²) in [6.45, 7) is 9.69. The molecule has 1 amide bonds. The van der Waals surface area contributed by atoms with Gasteiger partial charge >= 0.3 is 0 Å². The Bertz CT molecular complexity index is 815. The number of rotatable bonds is 5. The number of nitrogens with zero attached hydrogens (tertiary/aromatic N) is 4. The summed E-state index contributed by atoms with van der Waals surface area (Å²) in [5, 5.41) is 13.5. The van der Waals surface area contributed by atoms with Gasteiger partial charge < -0.3 is 10.1 Å². The first-order valence-electron chi connectivity index (χ1n) is 8.60. The number of aromatic amines is 1. The van der Waals surface area contributed by atoms with Crippen molar-refractivity contribution in [3.8, 4) is 5.82 Å². The molecule has 1 fully saturated rings. The van der Waals surface area contributed by atoms with E-state index >= 15 is 0 Å². The molecule has 9 heteroatoms. The molecule has 0 spiro atoms. The van der Waals surface area contributed by atoms with Crippen molar-refractivity contribution >= 4 is 5.91 Å². The Morgan fingerprint density at radius 1 is 1.35 bits per heavy atom. The van der Waals surface area contributed by atoms with Crippen LogP contribution in [0.3, 0.4) is 0 Å². The van der Waals surface area contributed by atoms with Crippen molar-refractivity contribution in [1.82, 2.24) is 30.2 Å². The third-order valence-electron chi connectivity index (χ3n) is 4.68. The van der Waals surface area contributed by atoms with Crippen LogP contribution in [0.4, 0.5) is 0 Å². The number of carbonyl (C=O) groups excluding carboxylic acids is 1. The van der Waals surface area contributed by atoms with Crippen LogP contribution in [0.1, 0.15) is 29.9 Å². The molecule has 0 aliphatic carbocycles. The van der Waals surface area contributed by atoms with Crippen LogP contribution in [-0.4, -0.2) is 69.2 Å².